The van der Waals surface area contributed by atoms with Crippen molar-refractivity contribution in [2.75, 3.05) is 39.3 Å². The van der Waals surface area contributed by atoms with Gasteiger partial charge in [0.1, 0.15) is 6.04 Å². The summed E-state index contributed by atoms with van der Waals surface area (Å²) < 4.78 is 26.9. The molecule has 0 spiro atoms. The van der Waals surface area contributed by atoms with E-state index in [4.69, 9.17) is 0 Å². The lowest BCUT2D eigenvalue weighted by Gasteiger charge is -2.31. The Morgan fingerprint density at radius 3 is 2.36 bits per heavy atom. The summed E-state index contributed by atoms with van der Waals surface area (Å²) in [5.41, 5.74) is 1.01. The summed E-state index contributed by atoms with van der Waals surface area (Å²) in [6.45, 7) is 8.18. The highest BCUT2D eigenvalue weighted by molar-refractivity contribution is 7.89. The van der Waals surface area contributed by atoms with Gasteiger partial charge in [0.2, 0.25) is 15.9 Å². The molecule has 0 unspecified atom stereocenters. The predicted octanol–water partition coefficient (Wildman–Crippen LogP) is -1.08. The zero-order valence-corrected chi connectivity index (χ0v) is 17.6. The predicted molar refractivity (Wildman–Crippen MR) is 106 cm³/mol. The molecule has 1 aromatic carbocycles. The number of hydrogen-bond acceptors (Lipinski definition) is 4. The first-order valence-electron chi connectivity index (χ1n) is 9.71. The molecule has 0 aromatic heterocycles. The summed E-state index contributed by atoms with van der Waals surface area (Å²) in [6, 6.07) is 6.25. The molecule has 1 aliphatic rings. The molecule has 156 valence electrons. The highest BCUT2D eigenvalue weighted by Gasteiger charge is 2.31. The van der Waals surface area contributed by atoms with Crippen molar-refractivity contribution in [3.05, 3.63) is 29.8 Å². The standard InChI is InChI=1S/C19H30N4O4S/c1-4-9-20-19(25)16(3)21-18(24)14-22-10-12-23(13-11-22)28(26,27)17-7-5-15(2)6-8-17/h5-8,16H,4,9-14H2,1-3H3,(H,20,25)(H,21,24)/p+1/t16-/m0/s1. The van der Waals surface area contributed by atoms with Crippen LogP contribution in [0.2, 0.25) is 0 Å². The molecule has 8 nitrogen and oxygen atoms in total. The SMILES string of the molecule is CCCNC(=O)[C@H](C)NC(=O)C[NH+]1CCN(S(=O)(=O)c2ccc(C)cc2)CC1. The minimum atomic E-state index is -3.50. The maximum atomic E-state index is 12.7. The third-order valence-electron chi connectivity index (χ3n) is 4.82. The van der Waals surface area contributed by atoms with Crippen LogP contribution in [0, 0.1) is 6.92 Å². The molecule has 9 heteroatoms. The summed E-state index contributed by atoms with van der Waals surface area (Å²) in [5.74, 6) is -0.400. The molecule has 1 aliphatic heterocycles. The molecule has 0 aliphatic carbocycles. The quantitative estimate of drug-likeness (QED) is 0.506. The van der Waals surface area contributed by atoms with E-state index >= 15 is 0 Å². The number of hydrogen-bond donors (Lipinski definition) is 3. The van der Waals surface area contributed by atoms with Crippen molar-refractivity contribution in [1.29, 1.82) is 0 Å². The van der Waals surface area contributed by atoms with Gasteiger partial charge in [-0.15, -0.1) is 0 Å². The first kappa shape index (κ1) is 22.3. The van der Waals surface area contributed by atoms with Gasteiger partial charge < -0.3 is 15.5 Å². The van der Waals surface area contributed by atoms with Crippen LogP contribution in [0.15, 0.2) is 29.2 Å². The van der Waals surface area contributed by atoms with E-state index in [9.17, 15) is 18.0 Å². The second-order valence-electron chi connectivity index (χ2n) is 7.22. The molecule has 2 rings (SSSR count). The number of benzene rings is 1. The Hall–Kier alpha value is -1.97. The molecule has 1 atom stereocenters. The molecular weight excluding hydrogens is 380 g/mol. The van der Waals surface area contributed by atoms with E-state index in [1.807, 2.05) is 13.8 Å². The van der Waals surface area contributed by atoms with Crippen molar-refractivity contribution >= 4 is 21.8 Å². The average molecular weight is 412 g/mol. The molecule has 1 saturated heterocycles. The topological polar surface area (TPSA) is 100 Å². The summed E-state index contributed by atoms with van der Waals surface area (Å²) in [6.07, 6.45) is 0.840. The Labute approximate surface area is 167 Å². The van der Waals surface area contributed by atoms with Crippen LogP contribution < -0.4 is 15.5 Å². The lowest BCUT2D eigenvalue weighted by molar-refractivity contribution is -0.895. The molecular formula is C19H31N4O4S+. The van der Waals surface area contributed by atoms with Gasteiger partial charge in [0.05, 0.1) is 31.1 Å². The molecule has 1 aromatic rings. The number of sulfonamides is 1. The number of nitrogens with zero attached hydrogens (tertiary/aromatic N) is 1. The molecule has 3 N–H and O–H groups in total. The monoisotopic (exact) mass is 411 g/mol. The third kappa shape index (κ3) is 6.02. The van der Waals surface area contributed by atoms with Crippen LogP contribution in [0.4, 0.5) is 0 Å². The van der Waals surface area contributed by atoms with E-state index in [0.29, 0.717) is 37.6 Å². The number of amides is 2. The van der Waals surface area contributed by atoms with Gasteiger partial charge in [0.15, 0.2) is 6.54 Å². The fraction of sp³-hybridized carbons (Fsp3) is 0.579. The molecule has 0 radical (unpaired) electrons. The van der Waals surface area contributed by atoms with Gasteiger partial charge in [-0.2, -0.15) is 4.31 Å². The van der Waals surface area contributed by atoms with Gasteiger partial charge in [0, 0.05) is 6.54 Å². The van der Waals surface area contributed by atoms with Gasteiger partial charge in [-0.05, 0) is 32.4 Å². The summed E-state index contributed by atoms with van der Waals surface area (Å²) in [7, 11) is -3.50. The van der Waals surface area contributed by atoms with Crippen molar-refractivity contribution in [3.63, 3.8) is 0 Å². The van der Waals surface area contributed by atoms with Crippen LogP contribution in [0.5, 0.6) is 0 Å². The average Bonchev–Trinajstić information content (AvgIpc) is 2.66. The lowest BCUT2D eigenvalue weighted by atomic mass is 10.2. The van der Waals surface area contributed by atoms with Crippen molar-refractivity contribution in [2.45, 2.75) is 38.1 Å². The van der Waals surface area contributed by atoms with E-state index in [-0.39, 0.29) is 18.4 Å². The first-order valence-corrected chi connectivity index (χ1v) is 11.2. The van der Waals surface area contributed by atoms with Gasteiger partial charge in [-0.3, -0.25) is 9.59 Å². The van der Waals surface area contributed by atoms with Crippen LogP contribution in [-0.4, -0.2) is 69.8 Å². The van der Waals surface area contributed by atoms with E-state index in [2.05, 4.69) is 10.6 Å². The lowest BCUT2D eigenvalue weighted by Crippen LogP contribution is -3.15. The minimum absolute atomic E-state index is 0.195. The highest BCUT2D eigenvalue weighted by atomic mass is 32.2. The fourth-order valence-corrected chi connectivity index (χ4v) is 4.51. The van der Waals surface area contributed by atoms with Crippen LogP contribution in [0.3, 0.4) is 0 Å². The number of quaternary nitrogens is 1. The molecule has 2 amide bonds. The zero-order chi connectivity index (χ0) is 20.7. The summed E-state index contributed by atoms with van der Waals surface area (Å²) in [5, 5.41) is 5.45. The fourth-order valence-electron chi connectivity index (χ4n) is 3.07. The Bertz CT molecular complexity index is 772. The maximum absolute atomic E-state index is 12.7. The second-order valence-corrected chi connectivity index (χ2v) is 9.16. The van der Waals surface area contributed by atoms with Crippen LogP contribution >= 0.6 is 0 Å². The van der Waals surface area contributed by atoms with Gasteiger partial charge in [-0.25, -0.2) is 8.42 Å². The highest BCUT2D eigenvalue weighted by Crippen LogP contribution is 2.16. The van der Waals surface area contributed by atoms with E-state index < -0.39 is 16.1 Å². The van der Waals surface area contributed by atoms with Gasteiger partial charge in [-0.1, -0.05) is 24.6 Å². The Morgan fingerprint density at radius 1 is 1.18 bits per heavy atom. The molecule has 0 saturated carbocycles. The molecule has 28 heavy (non-hydrogen) atoms. The Balaban J connectivity index is 1.82. The summed E-state index contributed by atoms with van der Waals surface area (Å²) >= 11 is 0. The molecule has 0 bridgehead atoms. The number of carbonyl (C=O) groups excluding carboxylic acids is 2. The first-order chi connectivity index (χ1) is 13.2. The van der Waals surface area contributed by atoms with Crippen LogP contribution in [0.1, 0.15) is 25.8 Å². The van der Waals surface area contributed by atoms with Crippen molar-refractivity contribution in [1.82, 2.24) is 14.9 Å². The van der Waals surface area contributed by atoms with Gasteiger partial charge in [0.25, 0.3) is 5.91 Å². The number of piperazine rings is 1. The number of carbonyl (C=O) groups is 2. The molecule has 1 heterocycles. The zero-order valence-electron chi connectivity index (χ0n) is 16.8. The number of nitrogens with one attached hydrogen (secondary N) is 3. The van der Waals surface area contributed by atoms with Gasteiger partial charge >= 0.3 is 0 Å². The maximum Gasteiger partial charge on any atom is 0.275 e. The van der Waals surface area contributed by atoms with Crippen molar-refractivity contribution < 1.29 is 22.9 Å². The van der Waals surface area contributed by atoms with E-state index in [1.165, 1.54) is 4.31 Å². The van der Waals surface area contributed by atoms with E-state index in [0.717, 1.165) is 16.9 Å². The van der Waals surface area contributed by atoms with Crippen LogP contribution in [-0.2, 0) is 19.6 Å². The normalized spacial score (nSPS) is 17.1. The Morgan fingerprint density at radius 2 is 1.79 bits per heavy atom. The number of aryl methyl sites for hydroxylation is 1. The van der Waals surface area contributed by atoms with Crippen LogP contribution in [0.25, 0.3) is 0 Å². The second kappa shape index (κ2) is 9.99. The summed E-state index contributed by atoms with van der Waals surface area (Å²) in [4.78, 5) is 25.3. The van der Waals surface area contributed by atoms with Crippen molar-refractivity contribution in [2.24, 2.45) is 0 Å². The largest absolute Gasteiger partial charge is 0.354 e. The minimum Gasteiger partial charge on any atom is -0.354 e. The van der Waals surface area contributed by atoms with E-state index in [1.54, 1.807) is 31.2 Å². The Kier molecular flexibility index (Phi) is 7.97. The third-order valence-corrected chi connectivity index (χ3v) is 6.73. The van der Waals surface area contributed by atoms with Crippen molar-refractivity contribution in [3.8, 4) is 0 Å². The molecule has 1 fully saturated rings. The number of rotatable bonds is 8. The smallest absolute Gasteiger partial charge is 0.275 e.